The van der Waals surface area contributed by atoms with E-state index in [-0.39, 0.29) is 17.4 Å². The van der Waals surface area contributed by atoms with Gasteiger partial charge in [0, 0.05) is 24.8 Å². The summed E-state index contributed by atoms with van der Waals surface area (Å²) in [7, 11) is 2.00. The van der Waals surface area contributed by atoms with Crippen LogP contribution in [0.2, 0.25) is 0 Å². The number of hydrogen-bond acceptors (Lipinski definition) is 8. The van der Waals surface area contributed by atoms with E-state index < -0.39 is 0 Å². The number of Topliss-reactive ketones (excluding diaryl/α,β-unsaturated/α-hetero) is 1. The molecule has 4 aromatic rings. The quantitative estimate of drug-likeness (QED) is 0.231. The Morgan fingerprint density at radius 2 is 1.81 bits per heavy atom. The van der Waals surface area contributed by atoms with E-state index in [1.807, 2.05) is 25.2 Å². The Morgan fingerprint density at radius 1 is 1.06 bits per heavy atom. The first kappa shape index (κ1) is 21.9. The average molecular weight is 464 g/mol. The topological polar surface area (TPSA) is 88.1 Å². The zero-order valence-corrected chi connectivity index (χ0v) is 19.2. The van der Waals surface area contributed by atoms with Crippen molar-refractivity contribution in [1.29, 1.82) is 0 Å². The van der Waals surface area contributed by atoms with Crippen LogP contribution in [0.25, 0.3) is 10.3 Å². The molecular formula is C23H21N5O2S2. The van der Waals surface area contributed by atoms with Crippen LogP contribution in [-0.2, 0) is 11.3 Å². The van der Waals surface area contributed by atoms with Gasteiger partial charge in [-0.05, 0) is 36.8 Å². The highest BCUT2D eigenvalue weighted by Crippen LogP contribution is 2.33. The number of ketones is 1. The van der Waals surface area contributed by atoms with Crippen LogP contribution in [-0.4, -0.2) is 39.4 Å². The largest absolute Gasteiger partial charge is 0.347 e. The molecular weight excluding hydrogens is 442 g/mol. The minimum atomic E-state index is -0.150. The SMILES string of the molecule is CC(=O)c1ccc(NC(=O)CSc2ncnc3nc(N(C)Cc4ccccc4)sc23)cc1. The van der Waals surface area contributed by atoms with E-state index in [0.717, 1.165) is 21.4 Å². The second-order valence-corrected chi connectivity index (χ2v) is 9.08. The predicted molar refractivity (Wildman–Crippen MR) is 130 cm³/mol. The summed E-state index contributed by atoms with van der Waals surface area (Å²) in [5.41, 5.74) is 3.08. The van der Waals surface area contributed by atoms with E-state index in [9.17, 15) is 9.59 Å². The molecule has 0 aliphatic heterocycles. The van der Waals surface area contributed by atoms with E-state index in [2.05, 4.69) is 37.3 Å². The molecule has 0 unspecified atom stereocenters. The molecule has 0 radical (unpaired) electrons. The van der Waals surface area contributed by atoms with Gasteiger partial charge in [0.05, 0.1) is 5.75 Å². The molecule has 0 spiro atoms. The van der Waals surface area contributed by atoms with Gasteiger partial charge < -0.3 is 10.2 Å². The van der Waals surface area contributed by atoms with Crippen molar-refractivity contribution < 1.29 is 9.59 Å². The molecule has 0 saturated carbocycles. The molecule has 162 valence electrons. The highest BCUT2D eigenvalue weighted by atomic mass is 32.2. The van der Waals surface area contributed by atoms with Gasteiger partial charge in [0.2, 0.25) is 5.91 Å². The fraction of sp³-hybridized carbons (Fsp3) is 0.174. The Labute approximate surface area is 193 Å². The number of hydrogen-bond donors (Lipinski definition) is 1. The number of thiazole rings is 1. The summed E-state index contributed by atoms with van der Waals surface area (Å²) in [6, 6.07) is 17.0. The number of rotatable bonds is 8. The Morgan fingerprint density at radius 3 is 2.53 bits per heavy atom. The summed E-state index contributed by atoms with van der Waals surface area (Å²) in [5.74, 6) is 0.0426. The second kappa shape index (κ2) is 9.88. The molecule has 0 saturated heterocycles. The van der Waals surface area contributed by atoms with E-state index in [1.165, 1.54) is 41.9 Å². The highest BCUT2D eigenvalue weighted by molar-refractivity contribution is 8.00. The number of thioether (sulfide) groups is 1. The van der Waals surface area contributed by atoms with E-state index in [4.69, 9.17) is 0 Å². The van der Waals surface area contributed by atoms with Crippen LogP contribution in [0.15, 0.2) is 66.0 Å². The molecule has 0 fully saturated rings. The maximum Gasteiger partial charge on any atom is 0.234 e. The van der Waals surface area contributed by atoms with Crippen molar-refractivity contribution in [3.8, 4) is 0 Å². The minimum absolute atomic E-state index is 0.00968. The number of carbonyl (C=O) groups excluding carboxylic acids is 2. The van der Waals surface area contributed by atoms with Crippen molar-refractivity contribution in [2.75, 3.05) is 23.0 Å². The molecule has 1 N–H and O–H groups in total. The highest BCUT2D eigenvalue weighted by Gasteiger charge is 2.15. The van der Waals surface area contributed by atoms with Crippen LogP contribution in [0, 0.1) is 0 Å². The molecule has 1 amide bonds. The summed E-state index contributed by atoms with van der Waals surface area (Å²) in [4.78, 5) is 39.1. The zero-order chi connectivity index (χ0) is 22.5. The van der Waals surface area contributed by atoms with E-state index >= 15 is 0 Å². The summed E-state index contributed by atoms with van der Waals surface area (Å²) < 4.78 is 0.867. The van der Waals surface area contributed by atoms with Crippen molar-refractivity contribution in [2.24, 2.45) is 0 Å². The number of carbonyl (C=O) groups is 2. The van der Waals surface area contributed by atoms with Gasteiger partial charge in [-0.1, -0.05) is 53.4 Å². The lowest BCUT2D eigenvalue weighted by Gasteiger charge is -2.15. The average Bonchev–Trinajstić information content (AvgIpc) is 3.24. The number of aromatic nitrogens is 3. The molecule has 4 rings (SSSR count). The number of anilines is 2. The van der Waals surface area contributed by atoms with Gasteiger partial charge >= 0.3 is 0 Å². The number of benzene rings is 2. The first-order valence-corrected chi connectivity index (χ1v) is 11.7. The number of amides is 1. The van der Waals surface area contributed by atoms with Gasteiger partial charge in [0.25, 0.3) is 0 Å². The number of nitrogens with zero attached hydrogens (tertiary/aromatic N) is 4. The lowest BCUT2D eigenvalue weighted by molar-refractivity contribution is -0.113. The van der Waals surface area contributed by atoms with Crippen molar-refractivity contribution in [3.05, 3.63) is 72.1 Å². The van der Waals surface area contributed by atoms with Gasteiger partial charge in [0.15, 0.2) is 16.6 Å². The van der Waals surface area contributed by atoms with Gasteiger partial charge in [-0.25, -0.2) is 9.97 Å². The first-order chi connectivity index (χ1) is 15.5. The van der Waals surface area contributed by atoms with Gasteiger partial charge in [-0.3, -0.25) is 9.59 Å². The molecule has 0 bridgehead atoms. The Hall–Kier alpha value is -3.30. The maximum atomic E-state index is 12.4. The van der Waals surface area contributed by atoms with E-state index in [0.29, 0.717) is 16.9 Å². The van der Waals surface area contributed by atoms with Gasteiger partial charge in [-0.15, -0.1) is 0 Å². The number of fused-ring (bicyclic) bond motifs is 1. The predicted octanol–water partition coefficient (Wildman–Crippen LogP) is 4.66. The molecule has 2 heterocycles. The standard InChI is InChI=1S/C23H21N5O2S2/c1-15(29)17-8-10-18(11-9-17)26-19(30)13-31-22-20-21(24-14-25-22)27-23(32-20)28(2)12-16-6-4-3-5-7-16/h3-11,14H,12-13H2,1-2H3,(H,26,30). The minimum Gasteiger partial charge on any atom is -0.347 e. The third-order valence-corrected chi connectivity index (χ3v) is 6.94. The summed E-state index contributed by atoms with van der Waals surface area (Å²) in [6.45, 7) is 2.25. The lowest BCUT2D eigenvalue weighted by Crippen LogP contribution is -2.15. The molecule has 9 heteroatoms. The normalized spacial score (nSPS) is 10.8. The van der Waals surface area contributed by atoms with Crippen LogP contribution in [0.5, 0.6) is 0 Å². The Bertz CT molecular complexity index is 1240. The van der Waals surface area contributed by atoms with E-state index in [1.54, 1.807) is 24.3 Å². The molecule has 0 aliphatic rings. The molecule has 2 aromatic heterocycles. The molecule has 0 atom stereocenters. The number of nitrogens with one attached hydrogen (secondary N) is 1. The third kappa shape index (κ3) is 5.30. The van der Waals surface area contributed by atoms with Crippen LogP contribution in [0.3, 0.4) is 0 Å². The third-order valence-electron chi connectivity index (χ3n) is 4.65. The zero-order valence-electron chi connectivity index (χ0n) is 17.6. The van der Waals surface area contributed by atoms with Crippen LogP contribution in [0.4, 0.5) is 10.8 Å². The fourth-order valence-electron chi connectivity index (χ4n) is 3.03. The maximum absolute atomic E-state index is 12.4. The van der Waals surface area contributed by atoms with Gasteiger partial charge in [0.1, 0.15) is 16.1 Å². The van der Waals surface area contributed by atoms with Crippen molar-refractivity contribution in [2.45, 2.75) is 18.5 Å². The molecule has 32 heavy (non-hydrogen) atoms. The van der Waals surface area contributed by atoms with Crippen molar-refractivity contribution in [3.63, 3.8) is 0 Å². The summed E-state index contributed by atoms with van der Waals surface area (Å²) >= 11 is 2.87. The van der Waals surface area contributed by atoms with Crippen LogP contribution >= 0.6 is 23.1 Å². The summed E-state index contributed by atoms with van der Waals surface area (Å²) in [6.07, 6.45) is 1.48. The van der Waals surface area contributed by atoms with Crippen LogP contribution < -0.4 is 10.2 Å². The Kier molecular flexibility index (Phi) is 6.77. The Balaban J connectivity index is 1.41. The fourth-order valence-corrected chi connectivity index (χ4v) is 4.88. The molecule has 0 aliphatic carbocycles. The van der Waals surface area contributed by atoms with Crippen molar-refractivity contribution in [1.82, 2.24) is 15.0 Å². The van der Waals surface area contributed by atoms with Crippen LogP contribution in [0.1, 0.15) is 22.8 Å². The smallest absolute Gasteiger partial charge is 0.234 e. The molecule has 7 nitrogen and oxygen atoms in total. The van der Waals surface area contributed by atoms with Gasteiger partial charge in [-0.2, -0.15) is 4.98 Å². The lowest BCUT2D eigenvalue weighted by atomic mass is 10.1. The molecule has 2 aromatic carbocycles. The second-order valence-electron chi connectivity index (χ2n) is 7.14. The monoisotopic (exact) mass is 463 g/mol. The summed E-state index contributed by atoms with van der Waals surface area (Å²) in [5, 5.41) is 4.42. The first-order valence-electron chi connectivity index (χ1n) is 9.90. The van der Waals surface area contributed by atoms with Crippen molar-refractivity contribution >= 4 is 56.0 Å².